The van der Waals surface area contributed by atoms with E-state index < -0.39 is 0 Å². The van der Waals surface area contributed by atoms with Crippen molar-refractivity contribution in [1.29, 1.82) is 0 Å². The van der Waals surface area contributed by atoms with Gasteiger partial charge in [0.05, 0.1) is 6.04 Å². The molecule has 6 nitrogen and oxygen atoms in total. The van der Waals surface area contributed by atoms with Crippen LogP contribution >= 0.6 is 0 Å². The molecular weight excluding hydrogens is 376 g/mol. The number of amides is 3. The van der Waals surface area contributed by atoms with Gasteiger partial charge < -0.3 is 15.5 Å². The summed E-state index contributed by atoms with van der Waals surface area (Å²) in [6.45, 7) is 7.60. The maximum Gasteiger partial charge on any atom is 0.317 e. The molecule has 2 unspecified atom stereocenters. The van der Waals surface area contributed by atoms with Gasteiger partial charge >= 0.3 is 6.03 Å². The zero-order chi connectivity index (χ0) is 21.3. The van der Waals surface area contributed by atoms with Crippen molar-refractivity contribution in [3.63, 3.8) is 0 Å². The summed E-state index contributed by atoms with van der Waals surface area (Å²) in [4.78, 5) is 29.6. The zero-order valence-corrected chi connectivity index (χ0v) is 18.6. The number of hydrogen-bond donors (Lipinski definition) is 2. The minimum Gasteiger partial charge on any atom is -0.352 e. The van der Waals surface area contributed by atoms with Gasteiger partial charge in [0.2, 0.25) is 5.91 Å². The third-order valence-corrected chi connectivity index (χ3v) is 6.54. The Morgan fingerprint density at radius 2 is 1.73 bits per heavy atom. The minimum absolute atomic E-state index is 0.00792. The first kappa shape index (κ1) is 22.6. The average Bonchev–Trinajstić information content (AvgIpc) is 3.28. The molecule has 1 aromatic rings. The third kappa shape index (κ3) is 6.21. The van der Waals surface area contributed by atoms with Crippen LogP contribution in [0.3, 0.4) is 0 Å². The highest BCUT2D eigenvalue weighted by molar-refractivity contribution is 5.82. The van der Waals surface area contributed by atoms with Crippen molar-refractivity contribution in [3.05, 3.63) is 35.9 Å². The minimum atomic E-state index is -0.0666. The van der Waals surface area contributed by atoms with Crippen molar-refractivity contribution in [2.75, 3.05) is 32.7 Å². The molecule has 1 heterocycles. The number of nitrogens with one attached hydrogen (secondary N) is 2. The van der Waals surface area contributed by atoms with E-state index in [0.717, 1.165) is 38.8 Å². The van der Waals surface area contributed by atoms with E-state index in [0.29, 0.717) is 25.6 Å². The Balaban J connectivity index is 1.55. The van der Waals surface area contributed by atoms with Crippen LogP contribution in [-0.2, 0) is 11.2 Å². The Bertz CT molecular complexity index is 667. The van der Waals surface area contributed by atoms with E-state index in [1.54, 1.807) is 0 Å². The van der Waals surface area contributed by atoms with Crippen molar-refractivity contribution < 1.29 is 9.59 Å². The van der Waals surface area contributed by atoms with Crippen LogP contribution in [0.2, 0.25) is 0 Å². The Kier molecular flexibility index (Phi) is 8.55. The lowest BCUT2D eigenvalue weighted by molar-refractivity contribution is -0.129. The Morgan fingerprint density at radius 3 is 2.37 bits per heavy atom. The molecule has 0 radical (unpaired) electrons. The SMILES string of the molecule is CCNC(=O)N1CCN(C(C(=O)NC(C)CCc2ccccc2)C2CCCC2)CC1. The summed E-state index contributed by atoms with van der Waals surface area (Å²) in [5.41, 5.74) is 1.31. The predicted octanol–water partition coefficient (Wildman–Crippen LogP) is 3.03. The second kappa shape index (κ2) is 11.3. The zero-order valence-electron chi connectivity index (χ0n) is 18.6. The third-order valence-electron chi connectivity index (χ3n) is 6.54. The molecule has 1 aliphatic carbocycles. The Morgan fingerprint density at radius 1 is 1.07 bits per heavy atom. The summed E-state index contributed by atoms with van der Waals surface area (Å²) in [6, 6.07) is 10.5. The van der Waals surface area contributed by atoms with Gasteiger partial charge in [0, 0.05) is 38.8 Å². The first-order valence-corrected chi connectivity index (χ1v) is 11.7. The number of benzene rings is 1. The van der Waals surface area contributed by atoms with Crippen LogP contribution in [0, 0.1) is 5.92 Å². The number of hydrogen-bond acceptors (Lipinski definition) is 3. The fourth-order valence-electron chi connectivity index (χ4n) is 4.85. The topological polar surface area (TPSA) is 64.7 Å². The number of piperazine rings is 1. The number of nitrogens with zero attached hydrogens (tertiary/aromatic N) is 2. The smallest absolute Gasteiger partial charge is 0.317 e. The molecule has 30 heavy (non-hydrogen) atoms. The number of carbonyl (C=O) groups is 2. The maximum absolute atomic E-state index is 13.3. The number of urea groups is 1. The fourth-order valence-corrected chi connectivity index (χ4v) is 4.85. The molecule has 3 amide bonds. The van der Waals surface area contributed by atoms with E-state index in [4.69, 9.17) is 0 Å². The lowest BCUT2D eigenvalue weighted by atomic mass is 9.94. The second-order valence-corrected chi connectivity index (χ2v) is 8.78. The average molecular weight is 415 g/mol. The highest BCUT2D eigenvalue weighted by Gasteiger charge is 2.37. The molecule has 1 aliphatic heterocycles. The normalized spacial score (nSPS) is 20.0. The van der Waals surface area contributed by atoms with Crippen LogP contribution < -0.4 is 10.6 Å². The number of rotatable bonds is 8. The summed E-state index contributed by atoms with van der Waals surface area (Å²) < 4.78 is 0. The fraction of sp³-hybridized carbons (Fsp3) is 0.667. The van der Waals surface area contributed by atoms with Gasteiger partial charge in [0.1, 0.15) is 0 Å². The van der Waals surface area contributed by atoms with Gasteiger partial charge in [-0.1, -0.05) is 43.2 Å². The molecule has 1 saturated heterocycles. The Hall–Kier alpha value is -2.08. The molecule has 166 valence electrons. The van der Waals surface area contributed by atoms with E-state index in [1.165, 1.54) is 18.4 Å². The van der Waals surface area contributed by atoms with Gasteiger partial charge in [-0.15, -0.1) is 0 Å². The molecule has 0 aromatic heterocycles. The summed E-state index contributed by atoms with van der Waals surface area (Å²) in [6.07, 6.45) is 6.62. The maximum atomic E-state index is 13.3. The number of aryl methyl sites for hydroxylation is 1. The van der Waals surface area contributed by atoms with Crippen LogP contribution in [-0.4, -0.2) is 66.5 Å². The van der Waals surface area contributed by atoms with Crippen molar-refractivity contribution in [1.82, 2.24) is 20.4 Å². The summed E-state index contributed by atoms with van der Waals surface area (Å²) in [7, 11) is 0. The van der Waals surface area contributed by atoms with Gasteiger partial charge in [0.25, 0.3) is 0 Å². The molecule has 2 fully saturated rings. The summed E-state index contributed by atoms with van der Waals surface area (Å²) >= 11 is 0. The molecular formula is C24H38N4O2. The van der Waals surface area contributed by atoms with Crippen LogP contribution in [0.1, 0.15) is 51.5 Å². The molecule has 0 bridgehead atoms. The van der Waals surface area contributed by atoms with Crippen LogP contribution in [0.5, 0.6) is 0 Å². The number of carbonyl (C=O) groups excluding carboxylic acids is 2. The lowest BCUT2D eigenvalue weighted by Crippen LogP contribution is -2.59. The van der Waals surface area contributed by atoms with Crippen LogP contribution in [0.15, 0.2) is 30.3 Å². The standard InChI is InChI=1S/C24H38N4O2/c1-3-25-24(30)28-17-15-27(16-18-28)22(21-11-7-8-12-21)23(29)26-19(2)13-14-20-9-5-4-6-10-20/h4-6,9-10,19,21-22H,3,7-8,11-18H2,1-2H3,(H,25,30)(H,26,29). The molecule has 6 heteroatoms. The van der Waals surface area contributed by atoms with E-state index in [-0.39, 0.29) is 24.0 Å². The van der Waals surface area contributed by atoms with Gasteiger partial charge in [-0.2, -0.15) is 0 Å². The van der Waals surface area contributed by atoms with Crippen LogP contribution in [0.4, 0.5) is 4.79 Å². The molecule has 3 rings (SSSR count). The predicted molar refractivity (Wildman–Crippen MR) is 120 cm³/mol. The lowest BCUT2D eigenvalue weighted by Gasteiger charge is -2.41. The van der Waals surface area contributed by atoms with E-state index in [9.17, 15) is 9.59 Å². The van der Waals surface area contributed by atoms with Crippen molar-refractivity contribution in [3.8, 4) is 0 Å². The molecule has 2 aliphatic rings. The molecule has 2 atom stereocenters. The van der Waals surface area contributed by atoms with E-state index in [2.05, 4.69) is 46.7 Å². The summed E-state index contributed by atoms with van der Waals surface area (Å²) in [5, 5.41) is 6.19. The second-order valence-electron chi connectivity index (χ2n) is 8.78. The van der Waals surface area contributed by atoms with Gasteiger partial charge in [0.15, 0.2) is 0 Å². The largest absolute Gasteiger partial charge is 0.352 e. The van der Waals surface area contributed by atoms with Gasteiger partial charge in [-0.3, -0.25) is 9.69 Å². The quantitative estimate of drug-likeness (QED) is 0.687. The summed E-state index contributed by atoms with van der Waals surface area (Å²) in [5.74, 6) is 0.608. The van der Waals surface area contributed by atoms with Crippen LogP contribution in [0.25, 0.3) is 0 Å². The van der Waals surface area contributed by atoms with Crippen molar-refractivity contribution in [2.45, 2.75) is 64.5 Å². The highest BCUT2D eigenvalue weighted by Crippen LogP contribution is 2.31. The van der Waals surface area contributed by atoms with Crippen molar-refractivity contribution in [2.24, 2.45) is 5.92 Å². The first-order valence-electron chi connectivity index (χ1n) is 11.7. The first-order chi connectivity index (χ1) is 14.6. The molecule has 0 spiro atoms. The molecule has 1 saturated carbocycles. The van der Waals surface area contributed by atoms with Crippen molar-refractivity contribution >= 4 is 11.9 Å². The molecule has 2 N–H and O–H groups in total. The van der Waals surface area contributed by atoms with Gasteiger partial charge in [-0.25, -0.2) is 4.79 Å². The van der Waals surface area contributed by atoms with E-state index in [1.807, 2.05) is 17.9 Å². The Labute approximate surface area is 181 Å². The molecule has 1 aromatic carbocycles. The highest BCUT2D eigenvalue weighted by atomic mass is 16.2. The monoisotopic (exact) mass is 414 g/mol. The van der Waals surface area contributed by atoms with E-state index >= 15 is 0 Å². The van der Waals surface area contributed by atoms with Gasteiger partial charge in [-0.05, 0) is 51.0 Å².